The average molecular weight is 326 g/mol. The van der Waals surface area contributed by atoms with Crippen molar-refractivity contribution in [1.82, 2.24) is 0 Å². The van der Waals surface area contributed by atoms with Gasteiger partial charge in [-0.15, -0.1) is 0 Å². The van der Waals surface area contributed by atoms with Crippen molar-refractivity contribution in [3.8, 4) is 17.0 Å². The maximum absolute atomic E-state index is 12.6. The molecule has 0 radical (unpaired) electrons. The van der Waals surface area contributed by atoms with Gasteiger partial charge in [0.2, 0.25) is 0 Å². The van der Waals surface area contributed by atoms with Crippen molar-refractivity contribution in [2.24, 2.45) is 0 Å². The molecule has 116 valence electrons. The van der Waals surface area contributed by atoms with Crippen molar-refractivity contribution in [1.29, 1.82) is 0 Å². The number of ether oxygens (including phenoxy) is 1. The largest absolute Gasteiger partial charge is 0.497 e. The number of amides is 1. The molecule has 1 amide bonds. The average Bonchev–Trinajstić information content (AvgIpc) is 2.98. The second-order valence-electron chi connectivity index (χ2n) is 4.84. The monoisotopic (exact) mass is 326 g/mol. The topological polar surface area (TPSA) is 78.5 Å². The van der Waals surface area contributed by atoms with Crippen molar-refractivity contribution in [2.75, 3.05) is 18.2 Å². The number of methoxy groups -OCH3 is 1. The molecule has 1 heterocycles. The van der Waals surface area contributed by atoms with Gasteiger partial charge < -0.3 is 10.1 Å². The number of rotatable bonds is 4. The molecule has 0 saturated carbocycles. The molecule has 0 bridgehead atoms. The zero-order valence-electron chi connectivity index (χ0n) is 12.5. The standard InChI is InChI=1S/C17H15N3O2S/c1-22-13-9-7-12(8-10-13)19-16(21)15-14(20-17(18)23-15)11-5-3-2-4-6-11/h2-10H,1H3,(H2,18,20)(H,19,21)/p+1. The summed E-state index contributed by atoms with van der Waals surface area (Å²) >= 11 is 1.23. The SMILES string of the molecule is COc1ccc(NC(=O)c2sc(N)[nH+]c2-c2ccccc2)cc1. The number of H-pyrrole nitrogens is 1. The van der Waals surface area contributed by atoms with Crippen LogP contribution in [0.15, 0.2) is 54.6 Å². The van der Waals surface area contributed by atoms with E-state index in [-0.39, 0.29) is 5.91 Å². The first kappa shape index (κ1) is 15.1. The molecule has 3 rings (SSSR count). The fourth-order valence-corrected chi connectivity index (χ4v) is 2.98. The van der Waals surface area contributed by atoms with E-state index in [1.165, 1.54) is 11.3 Å². The van der Waals surface area contributed by atoms with Gasteiger partial charge in [0.1, 0.15) is 10.6 Å². The summed E-state index contributed by atoms with van der Waals surface area (Å²) in [7, 11) is 1.60. The van der Waals surface area contributed by atoms with Gasteiger partial charge >= 0.3 is 5.13 Å². The predicted molar refractivity (Wildman–Crippen MR) is 91.7 cm³/mol. The smallest absolute Gasteiger partial charge is 0.330 e. The molecule has 1 aromatic heterocycles. The highest BCUT2D eigenvalue weighted by Crippen LogP contribution is 2.27. The molecule has 0 unspecified atom stereocenters. The van der Waals surface area contributed by atoms with Crippen molar-refractivity contribution >= 4 is 28.1 Å². The second-order valence-corrected chi connectivity index (χ2v) is 5.90. The lowest BCUT2D eigenvalue weighted by Crippen LogP contribution is -2.14. The molecule has 0 aliphatic rings. The molecule has 0 aliphatic carbocycles. The van der Waals surface area contributed by atoms with Gasteiger partial charge in [-0.2, -0.15) is 0 Å². The van der Waals surface area contributed by atoms with Gasteiger partial charge in [0.15, 0.2) is 5.69 Å². The lowest BCUT2D eigenvalue weighted by molar-refractivity contribution is -0.340. The van der Waals surface area contributed by atoms with E-state index in [1.54, 1.807) is 31.4 Å². The third-order valence-electron chi connectivity index (χ3n) is 3.30. The predicted octanol–water partition coefficient (Wildman–Crippen LogP) is 3.07. The van der Waals surface area contributed by atoms with Crippen LogP contribution in [0.2, 0.25) is 0 Å². The van der Waals surface area contributed by atoms with E-state index in [0.717, 1.165) is 17.0 Å². The Hall–Kier alpha value is -2.86. The van der Waals surface area contributed by atoms with Gasteiger partial charge in [-0.05, 0) is 35.6 Å². The maximum atomic E-state index is 12.6. The normalized spacial score (nSPS) is 10.3. The first-order valence-electron chi connectivity index (χ1n) is 7.00. The van der Waals surface area contributed by atoms with Crippen LogP contribution in [0.25, 0.3) is 11.3 Å². The number of nitrogen functional groups attached to an aromatic ring is 1. The summed E-state index contributed by atoms with van der Waals surface area (Å²) in [5.74, 6) is 0.536. The van der Waals surface area contributed by atoms with Gasteiger partial charge in [-0.3, -0.25) is 10.5 Å². The van der Waals surface area contributed by atoms with Crippen LogP contribution in [0.1, 0.15) is 9.67 Å². The fraction of sp³-hybridized carbons (Fsp3) is 0.0588. The zero-order chi connectivity index (χ0) is 16.2. The maximum Gasteiger partial charge on any atom is 0.330 e. The van der Waals surface area contributed by atoms with Crippen LogP contribution in [-0.4, -0.2) is 13.0 Å². The van der Waals surface area contributed by atoms with Gasteiger partial charge in [-0.25, -0.2) is 4.98 Å². The summed E-state index contributed by atoms with van der Waals surface area (Å²) in [6.45, 7) is 0. The lowest BCUT2D eigenvalue weighted by atomic mass is 10.1. The van der Waals surface area contributed by atoms with E-state index in [9.17, 15) is 4.79 Å². The molecule has 0 fully saturated rings. The lowest BCUT2D eigenvalue weighted by Gasteiger charge is -2.05. The molecule has 0 saturated heterocycles. The number of nitrogens with two attached hydrogens (primary N) is 1. The van der Waals surface area contributed by atoms with Gasteiger partial charge in [0.25, 0.3) is 5.91 Å². The molecule has 5 nitrogen and oxygen atoms in total. The van der Waals surface area contributed by atoms with Crippen molar-refractivity contribution < 1.29 is 14.5 Å². The molecule has 4 N–H and O–H groups in total. The molecule has 2 aromatic carbocycles. The van der Waals surface area contributed by atoms with Crippen LogP contribution in [0, 0.1) is 0 Å². The van der Waals surface area contributed by atoms with Crippen molar-refractivity contribution in [2.45, 2.75) is 0 Å². The van der Waals surface area contributed by atoms with E-state index in [0.29, 0.717) is 15.7 Å². The molecular formula is C17H16N3O2S+. The Morgan fingerprint density at radius 3 is 2.48 bits per heavy atom. The van der Waals surface area contributed by atoms with E-state index in [4.69, 9.17) is 10.5 Å². The number of benzene rings is 2. The number of carbonyl (C=O) groups excluding carboxylic acids is 1. The summed E-state index contributed by atoms with van der Waals surface area (Å²) in [6.07, 6.45) is 0. The van der Waals surface area contributed by atoms with Gasteiger partial charge in [-0.1, -0.05) is 30.3 Å². The van der Waals surface area contributed by atoms with E-state index < -0.39 is 0 Å². The van der Waals surface area contributed by atoms with Crippen LogP contribution >= 0.6 is 11.3 Å². The highest BCUT2D eigenvalue weighted by molar-refractivity contribution is 7.17. The third kappa shape index (κ3) is 3.32. The first-order chi connectivity index (χ1) is 11.2. The number of hydrogen-bond acceptors (Lipinski definition) is 4. The number of anilines is 2. The molecule has 6 heteroatoms. The quantitative estimate of drug-likeness (QED) is 0.773. The molecule has 0 aliphatic heterocycles. The highest BCUT2D eigenvalue weighted by Gasteiger charge is 2.21. The number of carbonyl (C=O) groups is 1. The molecule has 23 heavy (non-hydrogen) atoms. The van der Waals surface area contributed by atoms with Crippen molar-refractivity contribution in [3.05, 3.63) is 59.5 Å². The van der Waals surface area contributed by atoms with Gasteiger partial charge in [0, 0.05) is 11.3 Å². The Bertz CT molecular complexity index is 814. The number of thiazole rings is 1. The Balaban J connectivity index is 1.87. The Morgan fingerprint density at radius 2 is 1.83 bits per heavy atom. The second kappa shape index (κ2) is 6.50. The fourth-order valence-electron chi connectivity index (χ4n) is 2.20. The third-order valence-corrected chi connectivity index (χ3v) is 4.22. The highest BCUT2D eigenvalue weighted by atomic mass is 32.1. The Morgan fingerprint density at radius 1 is 1.13 bits per heavy atom. The molecule has 3 aromatic rings. The molecule has 0 atom stereocenters. The van der Waals surface area contributed by atoms with Gasteiger partial charge in [0.05, 0.1) is 7.11 Å². The Kier molecular flexibility index (Phi) is 4.25. The van der Waals surface area contributed by atoms with Crippen LogP contribution in [-0.2, 0) is 0 Å². The van der Waals surface area contributed by atoms with Crippen LogP contribution in [0.5, 0.6) is 5.75 Å². The van der Waals surface area contributed by atoms with Crippen LogP contribution < -0.4 is 20.8 Å². The van der Waals surface area contributed by atoms with Crippen molar-refractivity contribution in [3.63, 3.8) is 0 Å². The molecular weight excluding hydrogens is 310 g/mol. The summed E-state index contributed by atoms with van der Waals surface area (Å²) in [6, 6.07) is 16.8. The minimum Gasteiger partial charge on any atom is -0.497 e. The summed E-state index contributed by atoms with van der Waals surface area (Å²) < 4.78 is 5.11. The first-order valence-corrected chi connectivity index (χ1v) is 7.81. The minimum absolute atomic E-state index is 0.202. The van der Waals surface area contributed by atoms with Crippen LogP contribution in [0.3, 0.4) is 0 Å². The van der Waals surface area contributed by atoms with E-state index >= 15 is 0 Å². The summed E-state index contributed by atoms with van der Waals surface area (Å²) in [5, 5.41) is 3.36. The number of aromatic nitrogens is 1. The Labute approximate surface area is 137 Å². The zero-order valence-corrected chi connectivity index (χ0v) is 13.3. The van der Waals surface area contributed by atoms with E-state index in [1.807, 2.05) is 30.3 Å². The summed E-state index contributed by atoms with van der Waals surface area (Å²) in [4.78, 5) is 16.2. The minimum atomic E-state index is -0.202. The van der Waals surface area contributed by atoms with E-state index in [2.05, 4.69) is 10.3 Å². The molecule has 0 spiro atoms. The van der Waals surface area contributed by atoms with Crippen LogP contribution in [0.4, 0.5) is 10.8 Å². The number of nitrogens with one attached hydrogen (secondary N) is 2. The summed E-state index contributed by atoms with van der Waals surface area (Å²) in [5.41, 5.74) is 8.19. The number of hydrogen-bond donors (Lipinski definition) is 2. The number of aromatic amines is 1.